The lowest BCUT2D eigenvalue weighted by Crippen LogP contribution is -2.25. The summed E-state index contributed by atoms with van der Waals surface area (Å²) in [6.07, 6.45) is 1.79. The van der Waals surface area contributed by atoms with Crippen LogP contribution < -0.4 is 10.8 Å². The van der Waals surface area contributed by atoms with Gasteiger partial charge in [0.1, 0.15) is 12.2 Å². The number of hydrogen-bond acceptors (Lipinski definition) is 4. The molecule has 1 atom stereocenters. The van der Waals surface area contributed by atoms with Gasteiger partial charge in [-0.05, 0) is 60.7 Å². The molecule has 1 N–H and O–H groups in total. The number of anilines is 1. The van der Waals surface area contributed by atoms with E-state index in [2.05, 4.69) is 12.1 Å². The molecule has 0 heterocycles. The monoisotopic (exact) mass is 344 g/mol. The largest absolute Gasteiger partial charge is 0.548 e. The first kappa shape index (κ1) is 18.3. The first-order chi connectivity index (χ1) is 11.5. The fraction of sp³-hybridized carbons (Fsp3) is 0.263. The minimum Gasteiger partial charge on any atom is -0.266 e. The topological polar surface area (TPSA) is 47.6 Å². The van der Waals surface area contributed by atoms with Crippen molar-refractivity contribution >= 4 is 25.1 Å². The van der Waals surface area contributed by atoms with Crippen LogP contribution in [0.25, 0.3) is 6.08 Å². The third-order valence-corrected chi connectivity index (χ3v) is 4.78. The number of rotatable bonds is 8. The van der Waals surface area contributed by atoms with Gasteiger partial charge in [-0.15, -0.1) is 4.52 Å². The maximum atomic E-state index is 11.9. The molecule has 4 nitrogen and oxygen atoms in total. The standard InChI is InChI=1S/C19H23NO3P/c1-5-15-8-7-9-17(14-15)20-23-19(3,4)16-10-12-18(13-11-16)24(21)22-6-2/h5,7-14,20H,1,6H2,2-4H3/q+1. The van der Waals surface area contributed by atoms with Gasteiger partial charge in [-0.1, -0.05) is 36.9 Å². The predicted molar refractivity (Wildman–Crippen MR) is 99.6 cm³/mol. The second kappa shape index (κ2) is 8.20. The SMILES string of the molecule is C=Cc1cccc(NOC(C)(C)c2ccc([P+](=O)OCC)cc2)c1. The van der Waals surface area contributed by atoms with Crippen LogP contribution in [0.3, 0.4) is 0 Å². The van der Waals surface area contributed by atoms with Crippen LogP contribution in [0.5, 0.6) is 0 Å². The maximum absolute atomic E-state index is 11.9. The predicted octanol–water partition coefficient (Wildman–Crippen LogP) is 5.01. The van der Waals surface area contributed by atoms with Gasteiger partial charge in [0.05, 0.1) is 5.69 Å². The zero-order chi connectivity index (χ0) is 17.6. The Kier molecular flexibility index (Phi) is 6.27. The molecule has 0 amide bonds. The summed E-state index contributed by atoms with van der Waals surface area (Å²) in [4.78, 5) is 5.86. The first-order valence-electron chi connectivity index (χ1n) is 7.83. The minimum atomic E-state index is -1.79. The van der Waals surface area contributed by atoms with E-state index >= 15 is 0 Å². The zero-order valence-corrected chi connectivity index (χ0v) is 15.2. The summed E-state index contributed by atoms with van der Waals surface area (Å²) in [6, 6.07) is 15.2. The second-order valence-electron chi connectivity index (χ2n) is 5.77. The highest BCUT2D eigenvalue weighted by molar-refractivity contribution is 7.48. The third kappa shape index (κ3) is 4.75. The summed E-state index contributed by atoms with van der Waals surface area (Å²) in [5, 5.41) is 0.679. The van der Waals surface area contributed by atoms with E-state index in [1.807, 2.05) is 69.3 Å². The summed E-state index contributed by atoms with van der Waals surface area (Å²) in [6.45, 7) is 9.95. The summed E-state index contributed by atoms with van der Waals surface area (Å²) in [5.74, 6) is 0. The van der Waals surface area contributed by atoms with Crippen molar-refractivity contribution in [3.05, 3.63) is 66.2 Å². The van der Waals surface area contributed by atoms with Crippen molar-refractivity contribution in [1.82, 2.24) is 0 Å². The van der Waals surface area contributed by atoms with Crippen molar-refractivity contribution in [1.29, 1.82) is 0 Å². The molecule has 0 bridgehead atoms. The Morgan fingerprint density at radius 2 is 1.92 bits per heavy atom. The molecule has 0 saturated heterocycles. The highest BCUT2D eigenvalue weighted by atomic mass is 31.1. The summed E-state index contributed by atoms with van der Waals surface area (Å²) < 4.78 is 17.0. The molecule has 0 saturated carbocycles. The molecule has 2 aromatic rings. The van der Waals surface area contributed by atoms with Gasteiger partial charge in [0, 0.05) is 0 Å². The van der Waals surface area contributed by atoms with Crippen molar-refractivity contribution in [2.24, 2.45) is 0 Å². The van der Waals surface area contributed by atoms with Crippen molar-refractivity contribution in [2.75, 3.05) is 12.1 Å². The van der Waals surface area contributed by atoms with Crippen LogP contribution in [0.2, 0.25) is 0 Å². The van der Waals surface area contributed by atoms with E-state index < -0.39 is 13.6 Å². The lowest BCUT2D eigenvalue weighted by molar-refractivity contribution is 0.0172. The van der Waals surface area contributed by atoms with Gasteiger partial charge in [0.2, 0.25) is 5.30 Å². The van der Waals surface area contributed by atoms with Gasteiger partial charge in [0.25, 0.3) is 0 Å². The first-order valence-corrected chi connectivity index (χ1v) is 9.01. The smallest absolute Gasteiger partial charge is 0.266 e. The van der Waals surface area contributed by atoms with Crippen LogP contribution in [0.4, 0.5) is 5.69 Å². The zero-order valence-electron chi connectivity index (χ0n) is 14.3. The van der Waals surface area contributed by atoms with Crippen LogP contribution in [-0.4, -0.2) is 6.61 Å². The molecule has 2 rings (SSSR count). The number of benzene rings is 2. The Bertz CT molecular complexity index is 711. The van der Waals surface area contributed by atoms with Gasteiger partial charge < -0.3 is 0 Å². The third-order valence-electron chi connectivity index (χ3n) is 3.57. The Morgan fingerprint density at radius 1 is 1.21 bits per heavy atom. The van der Waals surface area contributed by atoms with Crippen molar-refractivity contribution in [3.63, 3.8) is 0 Å². The molecule has 1 unspecified atom stereocenters. The van der Waals surface area contributed by atoms with Crippen molar-refractivity contribution in [2.45, 2.75) is 26.4 Å². The minimum absolute atomic E-state index is 0.430. The van der Waals surface area contributed by atoms with Crippen LogP contribution in [-0.2, 0) is 19.5 Å². The molecule has 0 fully saturated rings. The fourth-order valence-electron chi connectivity index (χ4n) is 2.15. The van der Waals surface area contributed by atoms with Gasteiger partial charge >= 0.3 is 8.03 Å². The molecule has 5 heteroatoms. The van der Waals surface area contributed by atoms with E-state index in [9.17, 15) is 4.57 Å². The lowest BCUT2D eigenvalue weighted by Gasteiger charge is -2.25. The van der Waals surface area contributed by atoms with Crippen LogP contribution >= 0.6 is 8.03 Å². The van der Waals surface area contributed by atoms with Crippen LogP contribution in [0.15, 0.2) is 55.1 Å². The van der Waals surface area contributed by atoms with E-state index in [1.54, 1.807) is 6.08 Å². The average Bonchev–Trinajstić information content (AvgIpc) is 2.60. The molecule has 0 spiro atoms. The van der Waals surface area contributed by atoms with Crippen molar-refractivity contribution < 1.29 is 13.9 Å². The summed E-state index contributed by atoms with van der Waals surface area (Å²) in [7, 11) is -1.79. The Balaban J connectivity index is 2.06. The van der Waals surface area contributed by atoms with Gasteiger partial charge in [0.15, 0.2) is 0 Å². The Morgan fingerprint density at radius 3 is 2.54 bits per heavy atom. The van der Waals surface area contributed by atoms with E-state index in [4.69, 9.17) is 9.36 Å². The summed E-state index contributed by atoms with van der Waals surface area (Å²) in [5.41, 5.74) is 5.28. The highest BCUT2D eigenvalue weighted by Crippen LogP contribution is 2.27. The molecule has 0 aliphatic carbocycles. The molecular weight excluding hydrogens is 321 g/mol. The quantitative estimate of drug-likeness (QED) is 0.540. The summed E-state index contributed by atoms with van der Waals surface area (Å²) >= 11 is 0. The van der Waals surface area contributed by atoms with Gasteiger partial charge in [-0.2, -0.15) is 0 Å². The number of nitrogens with one attached hydrogen (secondary N) is 1. The van der Waals surface area contributed by atoms with Gasteiger partial charge in [-0.25, -0.2) is 0 Å². The average molecular weight is 344 g/mol. The van der Waals surface area contributed by atoms with Crippen LogP contribution in [0, 0.1) is 0 Å². The Hall–Kier alpha value is -2.00. The second-order valence-corrected chi connectivity index (χ2v) is 7.05. The maximum Gasteiger partial charge on any atom is 0.548 e. The molecule has 24 heavy (non-hydrogen) atoms. The van der Waals surface area contributed by atoms with E-state index in [0.29, 0.717) is 11.9 Å². The van der Waals surface area contributed by atoms with E-state index in [0.717, 1.165) is 16.8 Å². The van der Waals surface area contributed by atoms with Crippen LogP contribution in [0.1, 0.15) is 31.9 Å². The number of hydrogen-bond donors (Lipinski definition) is 1. The molecule has 0 aliphatic heterocycles. The fourth-order valence-corrected chi connectivity index (χ4v) is 2.93. The van der Waals surface area contributed by atoms with E-state index in [-0.39, 0.29) is 0 Å². The molecule has 0 radical (unpaired) electrons. The van der Waals surface area contributed by atoms with Gasteiger partial charge in [-0.3, -0.25) is 10.3 Å². The molecule has 2 aromatic carbocycles. The lowest BCUT2D eigenvalue weighted by atomic mass is 9.99. The Labute approximate surface area is 144 Å². The highest BCUT2D eigenvalue weighted by Gasteiger charge is 2.26. The van der Waals surface area contributed by atoms with Crippen molar-refractivity contribution in [3.8, 4) is 0 Å². The molecule has 0 aliphatic rings. The molecule has 0 aromatic heterocycles. The normalized spacial score (nSPS) is 11.9. The molecule has 126 valence electrons. The van der Waals surface area contributed by atoms with E-state index in [1.165, 1.54) is 0 Å². The molecular formula is C19H23NO3P+.